The number of carbonyl (C=O) groups is 2. The van der Waals surface area contributed by atoms with Crippen molar-refractivity contribution in [2.24, 2.45) is 11.8 Å². The highest BCUT2D eigenvalue weighted by Gasteiger charge is 2.67. The Balaban J connectivity index is 1.71. The molecular formula is C17H17NO4. The van der Waals surface area contributed by atoms with Crippen LogP contribution >= 0.6 is 0 Å². The van der Waals surface area contributed by atoms with Gasteiger partial charge in [0.05, 0.1) is 25.7 Å². The third-order valence-electron chi connectivity index (χ3n) is 4.92. The first-order valence-corrected chi connectivity index (χ1v) is 7.39. The molecule has 0 N–H and O–H groups in total. The first kappa shape index (κ1) is 13.5. The molecule has 0 unspecified atom stereocenters. The van der Waals surface area contributed by atoms with Gasteiger partial charge in [0, 0.05) is 5.69 Å². The number of anilines is 1. The number of benzene rings is 1. The van der Waals surface area contributed by atoms with Crippen molar-refractivity contribution in [3.8, 4) is 0 Å². The van der Waals surface area contributed by atoms with E-state index in [2.05, 4.69) is 0 Å². The number of hydrogen-bond acceptors (Lipinski definition) is 4. The Morgan fingerprint density at radius 3 is 2.77 bits per heavy atom. The Morgan fingerprint density at radius 2 is 2.09 bits per heavy atom. The summed E-state index contributed by atoms with van der Waals surface area (Å²) in [5, 5.41) is 0. The number of fused-ring (bicyclic) bond motifs is 1. The number of hydrogen-bond donors (Lipinski definition) is 0. The number of esters is 1. The third kappa shape index (κ3) is 1.63. The van der Waals surface area contributed by atoms with Crippen LogP contribution in [0.5, 0.6) is 0 Å². The van der Waals surface area contributed by atoms with Gasteiger partial charge in [-0.1, -0.05) is 29.8 Å². The van der Waals surface area contributed by atoms with Gasteiger partial charge in [0.2, 0.25) is 5.91 Å². The standard InChI is InChI=1S/C17H17NO4/c1-10-3-5-11(6-4-10)18-9-17-8-7-12(22-17)13(16(20)21-2)14(17)15(18)19/h3-8,12-14H,9H2,1-2H3/t12-,13+,14+,17+/m0/s1. The molecule has 0 aromatic heterocycles. The Labute approximate surface area is 128 Å². The van der Waals surface area contributed by atoms with Gasteiger partial charge < -0.3 is 14.4 Å². The summed E-state index contributed by atoms with van der Waals surface area (Å²) in [6.07, 6.45) is 3.47. The average molecular weight is 299 g/mol. The molecule has 0 radical (unpaired) electrons. The lowest BCUT2D eigenvalue weighted by Gasteiger charge is -2.22. The zero-order valence-corrected chi connectivity index (χ0v) is 12.5. The normalized spacial score (nSPS) is 35.1. The minimum Gasteiger partial charge on any atom is -0.469 e. The van der Waals surface area contributed by atoms with Crippen LogP contribution < -0.4 is 4.90 Å². The first-order valence-electron chi connectivity index (χ1n) is 7.39. The zero-order valence-electron chi connectivity index (χ0n) is 12.5. The Kier molecular flexibility index (Phi) is 2.72. The minimum atomic E-state index is -0.689. The van der Waals surface area contributed by atoms with Crippen molar-refractivity contribution in [3.63, 3.8) is 0 Å². The Bertz CT molecular complexity index is 680. The molecule has 4 rings (SSSR count). The van der Waals surface area contributed by atoms with Crippen LogP contribution in [0.2, 0.25) is 0 Å². The Hall–Kier alpha value is -2.14. The van der Waals surface area contributed by atoms with Gasteiger partial charge in [-0.3, -0.25) is 9.59 Å². The maximum atomic E-state index is 12.9. The molecule has 2 saturated heterocycles. The number of carbonyl (C=O) groups excluding carboxylic acids is 2. The fraction of sp³-hybridized carbons (Fsp3) is 0.412. The van der Waals surface area contributed by atoms with Gasteiger partial charge in [0.25, 0.3) is 0 Å². The number of amides is 1. The predicted molar refractivity (Wildman–Crippen MR) is 79.3 cm³/mol. The second kappa shape index (κ2) is 4.43. The summed E-state index contributed by atoms with van der Waals surface area (Å²) in [5.74, 6) is -1.47. The van der Waals surface area contributed by atoms with Crippen LogP contribution in [0, 0.1) is 18.8 Å². The maximum absolute atomic E-state index is 12.9. The fourth-order valence-corrected chi connectivity index (χ4v) is 3.85. The highest BCUT2D eigenvalue weighted by Crippen LogP contribution is 2.52. The van der Waals surface area contributed by atoms with Gasteiger partial charge in [0.15, 0.2) is 0 Å². The maximum Gasteiger partial charge on any atom is 0.312 e. The molecule has 3 aliphatic heterocycles. The molecule has 0 aliphatic carbocycles. The van der Waals surface area contributed by atoms with Crippen molar-refractivity contribution >= 4 is 17.6 Å². The van der Waals surface area contributed by atoms with Crippen LogP contribution in [0.1, 0.15) is 5.56 Å². The molecule has 2 fully saturated rings. The molecule has 2 bridgehead atoms. The molecule has 3 heterocycles. The van der Waals surface area contributed by atoms with E-state index < -0.39 is 17.4 Å². The van der Waals surface area contributed by atoms with E-state index in [1.807, 2.05) is 43.3 Å². The first-order chi connectivity index (χ1) is 10.6. The van der Waals surface area contributed by atoms with Crippen LogP contribution in [0.4, 0.5) is 5.69 Å². The molecule has 1 amide bonds. The SMILES string of the molecule is COC(=O)[C@@H]1[C@@H]2C=C[C@]3(CN(c4ccc(C)cc4)C(=O)[C@@H]13)O2. The number of aryl methyl sites for hydroxylation is 1. The van der Waals surface area contributed by atoms with Gasteiger partial charge in [0.1, 0.15) is 11.5 Å². The summed E-state index contributed by atoms with van der Waals surface area (Å²) in [6, 6.07) is 7.79. The molecule has 1 spiro atoms. The summed E-state index contributed by atoms with van der Waals surface area (Å²) in [4.78, 5) is 26.7. The van der Waals surface area contributed by atoms with Crippen molar-refractivity contribution in [3.05, 3.63) is 42.0 Å². The molecule has 1 aromatic rings. The zero-order chi connectivity index (χ0) is 15.5. The van der Waals surface area contributed by atoms with Crippen LogP contribution in [-0.2, 0) is 19.1 Å². The molecule has 5 nitrogen and oxygen atoms in total. The number of methoxy groups -OCH3 is 1. The van der Waals surface area contributed by atoms with Gasteiger partial charge in [-0.2, -0.15) is 0 Å². The molecule has 114 valence electrons. The van der Waals surface area contributed by atoms with E-state index in [0.717, 1.165) is 11.3 Å². The van der Waals surface area contributed by atoms with Gasteiger partial charge in [-0.15, -0.1) is 0 Å². The van der Waals surface area contributed by atoms with E-state index in [4.69, 9.17) is 9.47 Å². The highest BCUT2D eigenvalue weighted by atomic mass is 16.5. The summed E-state index contributed by atoms with van der Waals surface area (Å²) < 4.78 is 10.9. The van der Waals surface area contributed by atoms with Gasteiger partial charge >= 0.3 is 5.97 Å². The van der Waals surface area contributed by atoms with E-state index in [9.17, 15) is 9.59 Å². The fourth-order valence-electron chi connectivity index (χ4n) is 3.85. The Morgan fingerprint density at radius 1 is 1.36 bits per heavy atom. The molecule has 5 heteroatoms. The highest BCUT2D eigenvalue weighted by molar-refractivity contribution is 6.02. The van der Waals surface area contributed by atoms with E-state index in [-0.39, 0.29) is 18.0 Å². The van der Waals surface area contributed by atoms with Crippen LogP contribution in [-0.4, -0.2) is 37.2 Å². The topological polar surface area (TPSA) is 55.8 Å². The molecule has 22 heavy (non-hydrogen) atoms. The predicted octanol–water partition coefficient (Wildman–Crippen LogP) is 1.45. The van der Waals surface area contributed by atoms with E-state index >= 15 is 0 Å². The number of ether oxygens (including phenoxy) is 2. The van der Waals surface area contributed by atoms with E-state index in [1.54, 1.807) is 4.90 Å². The molecule has 0 saturated carbocycles. The van der Waals surface area contributed by atoms with Crippen molar-refractivity contribution in [2.75, 3.05) is 18.6 Å². The molecular weight excluding hydrogens is 282 g/mol. The van der Waals surface area contributed by atoms with E-state index in [0.29, 0.717) is 6.54 Å². The second-order valence-corrected chi connectivity index (χ2v) is 6.18. The average Bonchev–Trinajstić information content (AvgIpc) is 3.16. The summed E-state index contributed by atoms with van der Waals surface area (Å²) >= 11 is 0. The molecule has 1 aromatic carbocycles. The third-order valence-corrected chi connectivity index (χ3v) is 4.92. The van der Waals surface area contributed by atoms with Crippen molar-refractivity contribution in [2.45, 2.75) is 18.6 Å². The van der Waals surface area contributed by atoms with Crippen molar-refractivity contribution < 1.29 is 19.1 Å². The summed E-state index contributed by atoms with van der Waals surface area (Å²) in [6.45, 7) is 2.45. The van der Waals surface area contributed by atoms with Crippen LogP contribution in [0.3, 0.4) is 0 Å². The van der Waals surface area contributed by atoms with Crippen LogP contribution in [0.15, 0.2) is 36.4 Å². The van der Waals surface area contributed by atoms with Gasteiger partial charge in [-0.25, -0.2) is 0 Å². The number of nitrogens with zero attached hydrogens (tertiary/aromatic N) is 1. The quantitative estimate of drug-likeness (QED) is 0.613. The lowest BCUT2D eigenvalue weighted by Crippen LogP contribution is -2.39. The summed E-state index contributed by atoms with van der Waals surface area (Å²) in [7, 11) is 1.35. The van der Waals surface area contributed by atoms with Crippen molar-refractivity contribution in [1.29, 1.82) is 0 Å². The minimum absolute atomic E-state index is 0.0638. The molecule has 4 atom stereocenters. The largest absolute Gasteiger partial charge is 0.469 e. The second-order valence-electron chi connectivity index (χ2n) is 6.18. The van der Waals surface area contributed by atoms with E-state index in [1.165, 1.54) is 7.11 Å². The van der Waals surface area contributed by atoms with Gasteiger partial charge in [-0.05, 0) is 19.1 Å². The van der Waals surface area contributed by atoms with Crippen LogP contribution in [0.25, 0.3) is 0 Å². The molecule has 3 aliphatic rings. The summed E-state index contributed by atoms with van der Waals surface area (Å²) in [5.41, 5.74) is 1.28. The van der Waals surface area contributed by atoms with Crippen molar-refractivity contribution in [1.82, 2.24) is 0 Å². The monoisotopic (exact) mass is 299 g/mol. The smallest absolute Gasteiger partial charge is 0.312 e. The lowest BCUT2D eigenvalue weighted by atomic mass is 9.77. The number of rotatable bonds is 2. The lowest BCUT2D eigenvalue weighted by molar-refractivity contribution is -0.149.